The molecule has 2 fully saturated rings. The van der Waals surface area contributed by atoms with Crippen LogP contribution >= 0.6 is 0 Å². The maximum absolute atomic E-state index is 11.4. The normalized spacial score (nSPS) is 31.8. The van der Waals surface area contributed by atoms with E-state index in [2.05, 4.69) is 0 Å². The van der Waals surface area contributed by atoms with Gasteiger partial charge >= 0.3 is 12.1 Å². The predicted molar refractivity (Wildman–Crippen MR) is 46.9 cm³/mol. The standard InChI is InChI=1S/C9H13NO4/c1-9(4-7(11)12)5-10(6-2-3-6)8(13)14-9/h6H,2-5H2,1H3,(H,11,12). The number of carbonyl (C=O) groups excluding carboxylic acids is 1. The van der Waals surface area contributed by atoms with E-state index in [1.807, 2.05) is 0 Å². The predicted octanol–water partition coefficient (Wildman–Crippen LogP) is 0.834. The Balaban J connectivity index is 2.03. The molecule has 0 radical (unpaired) electrons. The lowest BCUT2D eigenvalue weighted by Gasteiger charge is -2.18. The summed E-state index contributed by atoms with van der Waals surface area (Å²) in [6.45, 7) is 2.07. The van der Waals surface area contributed by atoms with E-state index in [-0.39, 0.29) is 18.6 Å². The highest BCUT2D eigenvalue weighted by Gasteiger charge is 2.47. The van der Waals surface area contributed by atoms with Crippen molar-refractivity contribution >= 4 is 12.1 Å². The molecule has 78 valence electrons. The van der Waals surface area contributed by atoms with Crippen molar-refractivity contribution in [2.24, 2.45) is 0 Å². The highest BCUT2D eigenvalue weighted by Crippen LogP contribution is 2.35. The van der Waals surface area contributed by atoms with Gasteiger partial charge in [-0.1, -0.05) is 0 Å². The third kappa shape index (κ3) is 1.66. The Morgan fingerprint density at radius 2 is 2.36 bits per heavy atom. The van der Waals surface area contributed by atoms with Gasteiger partial charge in [0.15, 0.2) is 0 Å². The maximum atomic E-state index is 11.4. The molecule has 0 spiro atoms. The van der Waals surface area contributed by atoms with Crippen LogP contribution in [0.4, 0.5) is 4.79 Å². The van der Waals surface area contributed by atoms with Crippen LogP contribution in [0.25, 0.3) is 0 Å². The van der Waals surface area contributed by atoms with Gasteiger partial charge in [-0.15, -0.1) is 0 Å². The van der Waals surface area contributed by atoms with Crippen molar-refractivity contribution in [3.8, 4) is 0 Å². The Kier molecular flexibility index (Phi) is 1.90. The van der Waals surface area contributed by atoms with Crippen LogP contribution in [0.15, 0.2) is 0 Å². The Labute approximate surface area is 81.6 Å². The fourth-order valence-electron chi connectivity index (χ4n) is 1.80. The molecular formula is C9H13NO4. The molecule has 1 aliphatic heterocycles. The van der Waals surface area contributed by atoms with Gasteiger partial charge in [0.1, 0.15) is 5.60 Å². The Bertz CT molecular complexity index is 287. The van der Waals surface area contributed by atoms with Crippen LogP contribution in [0.2, 0.25) is 0 Å². The van der Waals surface area contributed by atoms with Crippen LogP contribution < -0.4 is 0 Å². The highest BCUT2D eigenvalue weighted by atomic mass is 16.6. The van der Waals surface area contributed by atoms with Crippen LogP contribution in [-0.4, -0.2) is 40.3 Å². The summed E-state index contributed by atoms with van der Waals surface area (Å²) in [6.07, 6.45) is 1.54. The number of rotatable bonds is 3. The molecule has 0 bridgehead atoms. The van der Waals surface area contributed by atoms with E-state index in [0.29, 0.717) is 6.54 Å². The van der Waals surface area contributed by atoms with Crippen LogP contribution in [-0.2, 0) is 9.53 Å². The molecule has 5 heteroatoms. The molecule has 2 rings (SSSR count). The van der Waals surface area contributed by atoms with Gasteiger partial charge in [-0.2, -0.15) is 0 Å². The molecule has 0 aromatic carbocycles. The fourth-order valence-corrected chi connectivity index (χ4v) is 1.80. The molecular weight excluding hydrogens is 186 g/mol. The first-order valence-corrected chi connectivity index (χ1v) is 4.72. The summed E-state index contributed by atoms with van der Waals surface area (Å²) in [4.78, 5) is 23.6. The van der Waals surface area contributed by atoms with Gasteiger partial charge in [0.25, 0.3) is 0 Å². The number of cyclic esters (lactones) is 1. The summed E-state index contributed by atoms with van der Waals surface area (Å²) in [5.74, 6) is -0.932. The van der Waals surface area contributed by atoms with Crippen molar-refractivity contribution in [2.45, 2.75) is 37.8 Å². The summed E-state index contributed by atoms with van der Waals surface area (Å²) in [7, 11) is 0. The molecule has 1 amide bonds. The number of carbonyl (C=O) groups is 2. The van der Waals surface area contributed by atoms with Crippen LogP contribution in [0.3, 0.4) is 0 Å². The molecule has 1 atom stereocenters. The van der Waals surface area contributed by atoms with E-state index < -0.39 is 11.6 Å². The molecule has 1 aliphatic carbocycles. The van der Waals surface area contributed by atoms with E-state index in [1.165, 1.54) is 0 Å². The second-order valence-corrected chi connectivity index (χ2v) is 4.25. The van der Waals surface area contributed by atoms with Crippen LogP contribution in [0, 0.1) is 0 Å². The minimum atomic E-state index is -0.932. The molecule has 2 aliphatic rings. The number of carboxylic acid groups (broad SMARTS) is 1. The third-order valence-corrected chi connectivity index (χ3v) is 2.59. The number of nitrogens with zero attached hydrogens (tertiary/aromatic N) is 1. The molecule has 1 heterocycles. The van der Waals surface area contributed by atoms with Crippen molar-refractivity contribution in [3.05, 3.63) is 0 Å². The van der Waals surface area contributed by atoms with E-state index in [4.69, 9.17) is 9.84 Å². The lowest BCUT2D eigenvalue weighted by molar-refractivity contribution is -0.140. The highest BCUT2D eigenvalue weighted by molar-refractivity contribution is 5.74. The number of hydrogen-bond donors (Lipinski definition) is 1. The molecule has 1 saturated heterocycles. The number of amides is 1. The number of hydrogen-bond acceptors (Lipinski definition) is 3. The average Bonchev–Trinajstić information content (AvgIpc) is 2.77. The number of aliphatic carboxylic acids is 1. The van der Waals surface area contributed by atoms with Gasteiger partial charge < -0.3 is 14.7 Å². The van der Waals surface area contributed by atoms with Crippen molar-refractivity contribution in [1.29, 1.82) is 0 Å². The summed E-state index contributed by atoms with van der Waals surface area (Å²) >= 11 is 0. The zero-order valence-electron chi connectivity index (χ0n) is 8.02. The SMILES string of the molecule is CC1(CC(=O)O)CN(C2CC2)C(=O)O1. The maximum Gasteiger partial charge on any atom is 0.410 e. The Morgan fingerprint density at radius 1 is 1.71 bits per heavy atom. The third-order valence-electron chi connectivity index (χ3n) is 2.59. The number of ether oxygens (including phenoxy) is 1. The topological polar surface area (TPSA) is 66.8 Å². The monoisotopic (exact) mass is 199 g/mol. The Hall–Kier alpha value is -1.26. The summed E-state index contributed by atoms with van der Waals surface area (Å²) in [5, 5.41) is 8.66. The lowest BCUT2D eigenvalue weighted by Crippen LogP contribution is -2.34. The molecule has 1 saturated carbocycles. The van der Waals surface area contributed by atoms with Crippen molar-refractivity contribution in [3.63, 3.8) is 0 Å². The van der Waals surface area contributed by atoms with Gasteiger partial charge in [0.2, 0.25) is 0 Å². The second kappa shape index (κ2) is 2.87. The van der Waals surface area contributed by atoms with Gasteiger partial charge in [0.05, 0.1) is 13.0 Å². The summed E-state index contributed by atoms with van der Waals surface area (Å²) < 4.78 is 5.08. The zero-order valence-corrected chi connectivity index (χ0v) is 8.02. The Morgan fingerprint density at radius 3 is 2.86 bits per heavy atom. The van der Waals surface area contributed by atoms with Gasteiger partial charge in [-0.05, 0) is 19.8 Å². The molecule has 0 aromatic rings. The van der Waals surface area contributed by atoms with E-state index >= 15 is 0 Å². The van der Waals surface area contributed by atoms with Gasteiger partial charge in [-0.3, -0.25) is 4.79 Å². The second-order valence-electron chi connectivity index (χ2n) is 4.25. The first-order chi connectivity index (χ1) is 6.50. The first kappa shape index (κ1) is 9.30. The van der Waals surface area contributed by atoms with Crippen LogP contribution in [0.5, 0.6) is 0 Å². The van der Waals surface area contributed by atoms with Gasteiger partial charge in [-0.25, -0.2) is 4.79 Å². The van der Waals surface area contributed by atoms with Crippen molar-refractivity contribution < 1.29 is 19.4 Å². The van der Waals surface area contributed by atoms with Crippen LogP contribution in [0.1, 0.15) is 26.2 Å². The van der Waals surface area contributed by atoms with E-state index in [1.54, 1.807) is 11.8 Å². The molecule has 0 aromatic heterocycles. The first-order valence-electron chi connectivity index (χ1n) is 4.72. The van der Waals surface area contributed by atoms with Crippen molar-refractivity contribution in [1.82, 2.24) is 4.90 Å². The number of carboxylic acids is 1. The minimum Gasteiger partial charge on any atom is -0.481 e. The quantitative estimate of drug-likeness (QED) is 0.731. The molecule has 5 nitrogen and oxygen atoms in total. The van der Waals surface area contributed by atoms with E-state index in [0.717, 1.165) is 12.8 Å². The smallest absolute Gasteiger partial charge is 0.410 e. The van der Waals surface area contributed by atoms with Crippen molar-refractivity contribution in [2.75, 3.05) is 6.54 Å². The van der Waals surface area contributed by atoms with Gasteiger partial charge in [0, 0.05) is 6.04 Å². The summed E-state index contributed by atoms with van der Waals surface area (Å²) in [5.41, 5.74) is -0.842. The molecule has 1 N–H and O–H groups in total. The zero-order chi connectivity index (χ0) is 10.3. The lowest BCUT2D eigenvalue weighted by atomic mass is 10.0. The fraction of sp³-hybridized carbons (Fsp3) is 0.778. The average molecular weight is 199 g/mol. The molecule has 1 unspecified atom stereocenters. The summed E-state index contributed by atoms with van der Waals surface area (Å²) in [6, 6.07) is 0.290. The molecule has 14 heavy (non-hydrogen) atoms. The van der Waals surface area contributed by atoms with E-state index in [9.17, 15) is 9.59 Å². The minimum absolute atomic E-state index is 0.123. The largest absolute Gasteiger partial charge is 0.481 e.